The molecule has 0 saturated carbocycles. The van der Waals surface area contributed by atoms with Gasteiger partial charge in [-0.15, -0.1) is 0 Å². The van der Waals surface area contributed by atoms with E-state index >= 15 is 0 Å². The average Bonchev–Trinajstić information content (AvgIpc) is 2.61. The van der Waals surface area contributed by atoms with Crippen LogP contribution in [0, 0.1) is 0 Å². The highest BCUT2D eigenvalue weighted by atomic mass is 16.4. The van der Waals surface area contributed by atoms with E-state index in [4.69, 9.17) is 5.73 Å². The van der Waals surface area contributed by atoms with Crippen molar-refractivity contribution in [2.75, 3.05) is 0 Å². The molecule has 0 aliphatic heterocycles. The number of nitrogens with one attached hydrogen (secondary N) is 1. The van der Waals surface area contributed by atoms with E-state index in [2.05, 4.69) is 21.9 Å². The number of para-hydroxylation sites is 1. The van der Waals surface area contributed by atoms with Crippen LogP contribution in [0.1, 0.15) is 15.9 Å². The zero-order chi connectivity index (χ0) is 17.8. The Morgan fingerprint density at radius 2 is 1.72 bits per heavy atom. The van der Waals surface area contributed by atoms with Crippen LogP contribution in [0.2, 0.25) is 0 Å². The van der Waals surface area contributed by atoms with E-state index in [1.165, 1.54) is 6.07 Å². The summed E-state index contributed by atoms with van der Waals surface area (Å²) < 4.78 is 0. The second-order valence-electron chi connectivity index (χ2n) is 5.31. The third-order valence-corrected chi connectivity index (χ3v) is 3.58. The van der Waals surface area contributed by atoms with Crippen molar-refractivity contribution < 1.29 is 9.90 Å². The van der Waals surface area contributed by atoms with Gasteiger partial charge in [0.15, 0.2) is 11.8 Å². The number of carboxylic acids is 1. The maximum Gasteiger partial charge on any atom is 0.336 e. The van der Waals surface area contributed by atoms with Gasteiger partial charge in [0.1, 0.15) is 0 Å². The summed E-state index contributed by atoms with van der Waals surface area (Å²) in [6, 6.07) is 17.9. The van der Waals surface area contributed by atoms with Crippen molar-refractivity contribution in [3.63, 3.8) is 0 Å². The number of fused-ring (bicyclic) bond motifs is 1. The van der Waals surface area contributed by atoms with Crippen molar-refractivity contribution in [1.82, 2.24) is 10.3 Å². The fourth-order valence-electron chi connectivity index (χ4n) is 2.42. The summed E-state index contributed by atoms with van der Waals surface area (Å²) in [5.41, 5.74) is 7.64. The molecule has 4 N–H and O–H groups in total. The number of hydrogen-bond donors (Lipinski definition) is 3. The van der Waals surface area contributed by atoms with Gasteiger partial charge in [0.25, 0.3) is 0 Å². The van der Waals surface area contributed by atoms with Crippen molar-refractivity contribution in [1.29, 1.82) is 0 Å². The maximum atomic E-state index is 11.3. The van der Waals surface area contributed by atoms with Crippen molar-refractivity contribution >= 4 is 34.3 Å². The summed E-state index contributed by atoms with van der Waals surface area (Å²) in [5, 5.41) is 13.1. The third kappa shape index (κ3) is 3.64. The summed E-state index contributed by atoms with van der Waals surface area (Å²) in [5.74, 6) is -0.513. The molecule has 0 amide bonds. The molecular formula is C19H16N4O2. The maximum absolute atomic E-state index is 11.3. The molecule has 6 heteroatoms. The molecule has 25 heavy (non-hydrogen) atoms. The molecule has 0 aliphatic rings. The Morgan fingerprint density at radius 1 is 1.04 bits per heavy atom. The van der Waals surface area contributed by atoms with Gasteiger partial charge in [0.05, 0.1) is 11.1 Å². The zero-order valence-corrected chi connectivity index (χ0v) is 13.3. The first-order valence-electron chi connectivity index (χ1n) is 7.53. The summed E-state index contributed by atoms with van der Waals surface area (Å²) in [6.07, 6.45) is 0. The Labute approximate surface area is 144 Å². The number of aromatic nitrogens is 1. The molecule has 3 aromatic rings. The monoisotopic (exact) mass is 332 g/mol. The fourth-order valence-corrected chi connectivity index (χ4v) is 2.42. The van der Waals surface area contributed by atoms with Crippen molar-refractivity contribution in [3.8, 4) is 0 Å². The fraction of sp³-hybridized carbons (Fsp3) is 0. The lowest BCUT2D eigenvalue weighted by Crippen LogP contribution is -2.30. The molecule has 0 bridgehead atoms. The summed E-state index contributed by atoms with van der Waals surface area (Å²) in [7, 11) is 0. The highest BCUT2D eigenvalue weighted by molar-refractivity contribution is 5.97. The van der Waals surface area contributed by atoms with Gasteiger partial charge < -0.3 is 16.2 Å². The van der Waals surface area contributed by atoms with Gasteiger partial charge in [-0.25, -0.2) is 9.78 Å². The quantitative estimate of drug-likeness (QED) is 0.503. The number of aliphatic imine (C=N–C) groups is 1. The molecule has 0 spiro atoms. The van der Waals surface area contributed by atoms with E-state index in [1.54, 1.807) is 24.3 Å². The van der Waals surface area contributed by atoms with Gasteiger partial charge in [-0.1, -0.05) is 43.0 Å². The number of guanidine groups is 1. The Morgan fingerprint density at radius 3 is 2.48 bits per heavy atom. The molecule has 0 aliphatic carbocycles. The Kier molecular flexibility index (Phi) is 4.43. The molecule has 1 heterocycles. The van der Waals surface area contributed by atoms with Crippen LogP contribution < -0.4 is 11.1 Å². The van der Waals surface area contributed by atoms with E-state index in [9.17, 15) is 9.90 Å². The first kappa shape index (κ1) is 16.2. The van der Waals surface area contributed by atoms with Gasteiger partial charge in [-0.05, 0) is 24.3 Å². The third-order valence-electron chi connectivity index (χ3n) is 3.58. The van der Waals surface area contributed by atoms with Crippen LogP contribution in [-0.4, -0.2) is 22.0 Å². The number of benzene rings is 2. The van der Waals surface area contributed by atoms with Crippen LogP contribution in [-0.2, 0) is 0 Å². The predicted octanol–water partition coefficient (Wildman–Crippen LogP) is 3.14. The van der Waals surface area contributed by atoms with Gasteiger partial charge in [-0.3, -0.25) is 0 Å². The number of pyridine rings is 1. The lowest BCUT2D eigenvalue weighted by molar-refractivity contribution is 0.0696. The number of rotatable bonds is 4. The number of carboxylic acid groups (broad SMARTS) is 1. The SMILES string of the molecule is C=C(NC(N)=Nc1ccc2ccccc2n1)c1ccccc1C(=O)O. The van der Waals surface area contributed by atoms with E-state index in [0.717, 1.165) is 10.9 Å². The minimum absolute atomic E-state index is 0.0768. The van der Waals surface area contributed by atoms with Gasteiger partial charge in [0, 0.05) is 16.6 Å². The van der Waals surface area contributed by atoms with Crippen LogP contribution in [0.3, 0.4) is 0 Å². The highest BCUT2D eigenvalue weighted by Crippen LogP contribution is 2.18. The first-order valence-corrected chi connectivity index (χ1v) is 7.53. The second-order valence-corrected chi connectivity index (χ2v) is 5.31. The van der Waals surface area contributed by atoms with Crippen LogP contribution in [0.5, 0.6) is 0 Å². The molecule has 6 nitrogen and oxygen atoms in total. The molecule has 0 atom stereocenters. The standard InChI is InChI=1S/C19H16N4O2/c1-12(14-7-3-4-8-15(14)18(24)25)21-19(20)23-17-11-10-13-6-2-5-9-16(13)22-17/h2-11H,1H2,(H,24,25)(H3,20,21,22,23). The summed E-state index contributed by atoms with van der Waals surface area (Å²) in [6.45, 7) is 3.84. The minimum Gasteiger partial charge on any atom is -0.478 e. The van der Waals surface area contributed by atoms with Crippen molar-refractivity contribution in [2.45, 2.75) is 0 Å². The Balaban J connectivity index is 1.83. The van der Waals surface area contributed by atoms with E-state index in [-0.39, 0.29) is 11.5 Å². The number of nitrogens with zero attached hydrogens (tertiary/aromatic N) is 2. The van der Waals surface area contributed by atoms with Crippen molar-refractivity contribution in [2.24, 2.45) is 10.7 Å². The number of aromatic carboxylic acids is 1. The topological polar surface area (TPSA) is 101 Å². The number of carbonyl (C=O) groups is 1. The Bertz CT molecular complexity index is 995. The molecule has 0 fully saturated rings. The second kappa shape index (κ2) is 6.84. The normalized spacial score (nSPS) is 11.3. The van der Waals surface area contributed by atoms with Crippen LogP contribution in [0.15, 0.2) is 72.2 Å². The van der Waals surface area contributed by atoms with E-state index < -0.39 is 5.97 Å². The van der Waals surface area contributed by atoms with Crippen LogP contribution >= 0.6 is 0 Å². The lowest BCUT2D eigenvalue weighted by Gasteiger charge is -2.11. The molecule has 3 rings (SSSR count). The molecule has 0 unspecified atom stereocenters. The lowest BCUT2D eigenvalue weighted by atomic mass is 10.1. The van der Waals surface area contributed by atoms with Crippen LogP contribution in [0.4, 0.5) is 5.82 Å². The van der Waals surface area contributed by atoms with E-state index in [1.807, 2.05) is 30.3 Å². The molecule has 1 aromatic heterocycles. The van der Waals surface area contributed by atoms with Gasteiger partial charge in [0.2, 0.25) is 0 Å². The molecular weight excluding hydrogens is 316 g/mol. The van der Waals surface area contributed by atoms with Crippen LogP contribution in [0.25, 0.3) is 16.6 Å². The Hall–Kier alpha value is -3.67. The average molecular weight is 332 g/mol. The highest BCUT2D eigenvalue weighted by Gasteiger charge is 2.12. The number of nitrogens with two attached hydrogens (primary N) is 1. The summed E-state index contributed by atoms with van der Waals surface area (Å²) in [4.78, 5) is 19.9. The number of hydrogen-bond acceptors (Lipinski definition) is 3. The van der Waals surface area contributed by atoms with E-state index in [0.29, 0.717) is 17.1 Å². The first-order chi connectivity index (χ1) is 12.0. The van der Waals surface area contributed by atoms with Gasteiger partial charge in [-0.2, -0.15) is 4.99 Å². The van der Waals surface area contributed by atoms with Gasteiger partial charge >= 0.3 is 5.97 Å². The molecule has 0 radical (unpaired) electrons. The summed E-state index contributed by atoms with van der Waals surface area (Å²) >= 11 is 0. The minimum atomic E-state index is -1.04. The largest absolute Gasteiger partial charge is 0.478 e. The molecule has 124 valence electrons. The smallest absolute Gasteiger partial charge is 0.336 e. The zero-order valence-electron chi connectivity index (χ0n) is 13.3. The molecule has 0 saturated heterocycles. The predicted molar refractivity (Wildman–Crippen MR) is 98.6 cm³/mol. The van der Waals surface area contributed by atoms with Crippen molar-refractivity contribution in [3.05, 3.63) is 78.4 Å². The molecule has 2 aromatic carbocycles.